The van der Waals surface area contributed by atoms with Crippen LogP contribution in [-0.2, 0) is 0 Å². The molecule has 0 aromatic carbocycles. The summed E-state index contributed by atoms with van der Waals surface area (Å²) in [6.45, 7) is 8.35. The lowest BCUT2D eigenvalue weighted by molar-refractivity contribution is 0.0577. The molecule has 3 atom stereocenters. The number of aliphatic hydroxyl groups excluding tert-OH is 1. The Hall–Kier alpha value is -0.0400. The maximum Gasteiger partial charge on any atom is 0.0568 e. The summed E-state index contributed by atoms with van der Waals surface area (Å²) in [6, 6.07) is 0. The van der Waals surface area contributed by atoms with Crippen molar-refractivity contribution in [3.63, 3.8) is 0 Å². The van der Waals surface area contributed by atoms with E-state index in [9.17, 15) is 5.11 Å². The van der Waals surface area contributed by atoms with Gasteiger partial charge in [-0.1, -0.05) is 34.1 Å². The van der Waals surface area contributed by atoms with E-state index in [-0.39, 0.29) is 6.10 Å². The Kier molecular flexibility index (Phi) is 5.57. The second-order valence-electron chi connectivity index (χ2n) is 3.46. The van der Waals surface area contributed by atoms with Gasteiger partial charge in [0, 0.05) is 0 Å². The van der Waals surface area contributed by atoms with Gasteiger partial charge in [-0.2, -0.15) is 0 Å². The van der Waals surface area contributed by atoms with Crippen LogP contribution in [0.4, 0.5) is 0 Å². The van der Waals surface area contributed by atoms with Crippen LogP contribution in [0.1, 0.15) is 47.0 Å². The van der Waals surface area contributed by atoms with Crippen LogP contribution in [0.25, 0.3) is 0 Å². The lowest BCUT2D eigenvalue weighted by atomic mass is 9.82. The molecule has 0 aromatic rings. The Balaban J connectivity index is 0.000000461. The molecule has 0 amide bonds. The van der Waals surface area contributed by atoms with Crippen LogP contribution in [0.15, 0.2) is 0 Å². The third kappa shape index (κ3) is 3.76. The van der Waals surface area contributed by atoms with Gasteiger partial charge in [0.05, 0.1) is 6.10 Å². The van der Waals surface area contributed by atoms with Gasteiger partial charge in [0.1, 0.15) is 0 Å². The smallest absolute Gasteiger partial charge is 0.0568 e. The predicted molar refractivity (Wildman–Crippen MR) is 49.5 cm³/mol. The zero-order valence-corrected chi connectivity index (χ0v) is 8.30. The van der Waals surface area contributed by atoms with Crippen molar-refractivity contribution in [1.29, 1.82) is 0 Å². The number of aliphatic hydroxyl groups is 1. The molecule has 1 nitrogen and oxygen atoms in total. The molecule has 0 saturated heterocycles. The van der Waals surface area contributed by atoms with Crippen molar-refractivity contribution in [3.05, 3.63) is 0 Å². The molecule has 11 heavy (non-hydrogen) atoms. The summed E-state index contributed by atoms with van der Waals surface area (Å²) in [7, 11) is 0. The fourth-order valence-corrected chi connectivity index (χ4v) is 1.50. The molecule has 68 valence electrons. The van der Waals surface area contributed by atoms with Gasteiger partial charge in [-0.15, -0.1) is 0 Å². The summed E-state index contributed by atoms with van der Waals surface area (Å²) < 4.78 is 0. The third-order valence-electron chi connectivity index (χ3n) is 2.42. The zero-order chi connectivity index (χ0) is 8.85. The zero-order valence-electron chi connectivity index (χ0n) is 8.30. The topological polar surface area (TPSA) is 20.2 Å². The molecule has 1 aliphatic rings. The molecule has 1 saturated carbocycles. The molecule has 1 rings (SSSR count). The Morgan fingerprint density at radius 1 is 1.09 bits per heavy atom. The van der Waals surface area contributed by atoms with Crippen molar-refractivity contribution in [3.8, 4) is 0 Å². The number of hydrogen-bond donors (Lipinski definition) is 1. The minimum absolute atomic E-state index is 0.0197. The van der Waals surface area contributed by atoms with E-state index in [1.807, 2.05) is 13.8 Å². The van der Waals surface area contributed by atoms with E-state index in [2.05, 4.69) is 13.8 Å². The van der Waals surface area contributed by atoms with E-state index in [4.69, 9.17) is 0 Å². The van der Waals surface area contributed by atoms with Gasteiger partial charge < -0.3 is 5.11 Å². The number of hydrogen-bond acceptors (Lipinski definition) is 1. The standard InChI is InChI=1S/C8H16O.C2H6/c1-6-3-4-7(2)8(9)5-6;1-2/h6-9H,3-5H2,1-2H3;1-2H3. The monoisotopic (exact) mass is 158 g/mol. The molecule has 1 aliphatic carbocycles. The van der Waals surface area contributed by atoms with E-state index < -0.39 is 0 Å². The highest BCUT2D eigenvalue weighted by Gasteiger charge is 2.22. The van der Waals surface area contributed by atoms with Crippen LogP contribution in [0.2, 0.25) is 0 Å². The molecule has 0 spiro atoms. The minimum atomic E-state index is -0.0197. The fourth-order valence-electron chi connectivity index (χ4n) is 1.50. The molecule has 0 aromatic heterocycles. The van der Waals surface area contributed by atoms with Crippen LogP contribution >= 0.6 is 0 Å². The average molecular weight is 158 g/mol. The van der Waals surface area contributed by atoms with Crippen LogP contribution in [0.3, 0.4) is 0 Å². The maximum atomic E-state index is 9.35. The van der Waals surface area contributed by atoms with Gasteiger partial charge in [-0.25, -0.2) is 0 Å². The highest BCUT2D eigenvalue weighted by atomic mass is 16.3. The van der Waals surface area contributed by atoms with Gasteiger partial charge in [0.25, 0.3) is 0 Å². The molecular weight excluding hydrogens is 136 g/mol. The van der Waals surface area contributed by atoms with Gasteiger partial charge in [0.15, 0.2) is 0 Å². The Labute approximate surface area is 70.8 Å². The Morgan fingerprint density at radius 3 is 2.00 bits per heavy atom. The first-order valence-electron chi connectivity index (χ1n) is 4.88. The molecule has 0 aliphatic heterocycles. The summed E-state index contributed by atoms with van der Waals surface area (Å²) in [5, 5.41) is 9.35. The summed E-state index contributed by atoms with van der Waals surface area (Å²) in [5.74, 6) is 1.29. The Morgan fingerprint density at radius 2 is 1.64 bits per heavy atom. The maximum absolute atomic E-state index is 9.35. The number of rotatable bonds is 0. The van der Waals surface area contributed by atoms with Crippen LogP contribution in [0, 0.1) is 11.8 Å². The van der Waals surface area contributed by atoms with Crippen molar-refractivity contribution >= 4 is 0 Å². The van der Waals surface area contributed by atoms with Crippen molar-refractivity contribution in [2.24, 2.45) is 11.8 Å². The second kappa shape index (κ2) is 5.59. The van der Waals surface area contributed by atoms with Crippen molar-refractivity contribution in [1.82, 2.24) is 0 Å². The van der Waals surface area contributed by atoms with E-state index >= 15 is 0 Å². The largest absolute Gasteiger partial charge is 0.393 e. The van der Waals surface area contributed by atoms with Crippen LogP contribution in [0.5, 0.6) is 0 Å². The minimum Gasteiger partial charge on any atom is -0.393 e. The molecule has 1 fully saturated rings. The first kappa shape index (κ1) is 11.0. The van der Waals surface area contributed by atoms with Gasteiger partial charge in [-0.05, 0) is 24.7 Å². The van der Waals surface area contributed by atoms with E-state index in [1.54, 1.807) is 0 Å². The third-order valence-corrected chi connectivity index (χ3v) is 2.42. The summed E-state index contributed by atoms with van der Waals surface area (Å²) in [5.41, 5.74) is 0. The average Bonchev–Trinajstić information content (AvgIpc) is 2.02. The quantitative estimate of drug-likeness (QED) is 0.574. The van der Waals surface area contributed by atoms with Gasteiger partial charge in [0.2, 0.25) is 0 Å². The SMILES string of the molecule is CC.CC1CCC(C)C(O)C1. The van der Waals surface area contributed by atoms with E-state index in [0.717, 1.165) is 12.3 Å². The first-order valence-corrected chi connectivity index (χ1v) is 4.88. The van der Waals surface area contributed by atoms with Crippen molar-refractivity contribution in [2.75, 3.05) is 0 Å². The van der Waals surface area contributed by atoms with E-state index in [0.29, 0.717) is 5.92 Å². The van der Waals surface area contributed by atoms with Crippen molar-refractivity contribution < 1.29 is 5.11 Å². The van der Waals surface area contributed by atoms with Crippen molar-refractivity contribution in [2.45, 2.75) is 53.1 Å². The normalized spacial score (nSPS) is 37.4. The fraction of sp³-hybridized carbons (Fsp3) is 1.00. The Bertz CT molecular complexity index is 90.9. The lowest BCUT2D eigenvalue weighted by Gasteiger charge is -2.28. The highest BCUT2D eigenvalue weighted by molar-refractivity contribution is 4.74. The van der Waals surface area contributed by atoms with Crippen LogP contribution < -0.4 is 0 Å². The molecular formula is C10H22O. The highest BCUT2D eigenvalue weighted by Crippen LogP contribution is 2.27. The first-order chi connectivity index (χ1) is 5.20. The summed E-state index contributed by atoms with van der Waals surface area (Å²) in [6.07, 6.45) is 3.51. The second-order valence-corrected chi connectivity index (χ2v) is 3.46. The van der Waals surface area contributed by atoms with Gasteiger partial charge >= 0.3 is 0 Å². The lowest BCUT2D eigenvalue weighted by Crippen LogP contribution is -2.25. The molecule has 1 heteroatoms. The molecule has 0 bridgehead atoms. The predicted octanol–water partition coefficient (Wildman–Crippen LogP) is 2.83. The van der Waals surface area contributed by atoms with E-state index in [1.165, 1.54) is 12.8 Å². The summed E-state index contributed by atoms with van der Waals surface area (Å²) >= 11 is 0. The molecule has 3 unspecified atom stereocenters. The molecule has 0 radical (unpaired) electrons. The molecule has 0 heterocycles. The van der Waals surface area contributed by atoms with Crippen LogP contribution in [-0.4, -0.2) is 11.2 Å². The van der Waals surface area contributed by atoms with Gasteiger partial charge in [-0.3, -0.25) is 0 Å². The molecule has 1 N–H and O–H groups in total. The summed E-state index contributed by atoms with van der Waals surface area (Å²) in [4.78, 5) is 0.